The van der Waals surface area contributed by atoms with Gasteiger partial charge in [-0.2, -0.15) is 0 Å². The van der Waals surface area contributed by atoms with E-state index in [0.29, 0.717) is 18.7 Å². The smallest absolute Gasteiger partial charge is 0.243 e. The number of nitrogens with zero attached hydrogens (tertiary/aromatic N) is 1. The Labute approximate surface area is 137 Å². The van der Waals surface area contributed by atoms with Crippen LogP contribution in [0.25, 0.3) is 0 Å². The van der Waals surface area contributed by atoms with Gasteiger partial charge in [0.1, 0.15) is 6.04 Å². The van der Waals surface area contributed by atoms with Gasteiger partial charge in [0.2, 0.25) is 11.8 Å². The molecule has 0 aromatic carbocycles. The lowest BCUT2D eigenvalue weighted by molar-refractivity contribution is -0.137. The molecule has 3 rings (SSSR count). The van der Waals surface area contributed by atoms with E-state index in [1.165, 1.54) is 11.3 Å². The van der Waals surface area contributed by atoms with E-state index >= 15 is 0 Å². The molecule has 0 bridgehead atoms. The molecule has 2 atom stereocenters. The normalized spacial score (nSPS) is 28.0. The Morgan fingerprint density at radius 1 is 1.57 bits per heavy atom. The fraction of sp³-hybridized carbons (Fsp3) is 0.571. The van der Waals surface area contributed by atoms with Gasteiger partial charge in [0, 0.05) is 23.6 Å². The second kappa shape index (κ2) is 5.82. The van der Waals surface area contributed by atoms with Crippen molar-refractivity contribution >= 4 is 46.5 Å². The average molecular weight is 345 g/mol. The van der Waals surface area contributed by atoms with Crippen LogP contribution in [0.5, 0.6) is 0 Å². The summed E-state index contributed by atoms with van der Waals surface area (Å²) < 4.78 is 0.766. The molecule has 21 heavy (non-hydrogen) atoms. The Hall–Kier alpha value is -0.720. The van der Waals surface area contributed by atoms with Gasteiger partial charge < -0.3 is 10.2 Å². The Bertz CT molecular complexity index is 577. The highest BCUT2D eigenvalue weighted by molar-refractivity contribution is 8.01. The Balaban J connectivity index is 1.55. The van der Waals surface area contributed by atoms with Gasteiger partial charge in [-0.15, -0.1) is 23.1 Å². The number of thiophene rings is 1. The van der Waals surface area contributed by atoms with E-state index in [4.69, 9.17) is 11.6 Å². The molecule has 2 unspecified atom stereocenters. The van der Waals surface area contributed by atoms with Gasteiger partial charge in [0.05, 0.1) is 9.21 Å². The summed E-state index contributed by atoms with van der Waals surface area (Å²) in [6.07, 6.45) is 2.17. The molecule has 0 spiro atoms. The molecule has 1 aromatic heterocycles. The van der Waals surface area contributed by atoms with Crippen molar-refractivity contribution in [3.8, 4) is 0 Å². The molecule has 7 heteroatoms. The van der Waals surface area contributed by atoms with Crippen LogP contribution in [0.2, 0.25) is 4.34 Å². The molecular weight excluding hydrogens is 328 g/mol. The van der Waals surface area contributed by atoms with E-state index < -0.39 is 0 Å². The number of hydrogen-bond donors (Lipinski definition) is 1. The topological polar surface area (TPSA) is 49.4 Å². The maximum atomic E-state index is 12.3. The average Bonchev–Trinajstić information content (AvgIpc) is 3.07. The van der Waals surface area contributed by atoms with Gasteiger partial charge in [-0.25, -0.2) is 0 Å². The molecule has 2 aliphatic rings. The van der Waals surface area contributed by atoms with Gasteiger partial charge >= 0.3 is 0 Å². The SMILES string of the molecule is CC12CCC(=O)N1C(C(=O)NCCc1ccc(Cl)s1)CS2. The first-order valence-electron chi connectivity index (χ1n) is 6.98. The lowest BCUT2D eigenvalue weighted by Gasteiger charge is -2.29. The standard InChI is InChI=1S/C14H17ClN2O2S2/c1-14-6-4-12(18)17(14)10(8-20-14)13(19)16-7-5-9-2-3-11(15)21-9/h2-3,10H,4-8H2,1H3,(H,16,19). The fourth-order valence-corrected chi connectivity index (χ4v) is 5.45. The highest BCUT2D eigenvalue weighted by Gasteiger charge is 2.52. The van der Waals surface area contributed by atoms with Gasteiger partial charge in [0.25, 0.3) is 0 Å². The third kappa shape index (κ3) is 2.94. The van der Waals surface area contributed by atoms with E-state index in [0.717, 1.165) is 22.1 Å². The van der Waals surface area contributed by atoms with Crippen molar-refractivity contribution in [3.63, 3.8) is 0 Å². The zero-order valence-corrected chi connectivity index (χ0v) is 14.1. The minimum absolute atomic E-state index is 0.0378. The van der Waals surface area contributed by atoms with Gasteiger partial charge in [-0.05, 0) is 31.9 Å². The van der Waals surface area contributed by atoms with Crippen LogP contribution >= 0.6 is 34.7 Å². The number of halogens is 1. The first-order chi connectivity index (χ1) is 9.99. The number of hydrogen-bond acceptors (Lipinski definition) is 4. The lowest BCUT2D eigenvalue weighted by Crippen LogP contribution is -2.50. The highest BCUT2D eigenvalue weighted by Crippen LogP contribution is 2.47. The van der Waals surface area contributed by atoms with Crippen LogP contribution in [0, 0.1) is 0 Å². The molecule has 0 saturated carbocycles. The van der Waals surface area contributed by atoms with E-state index in [1.807, 2.05) is 12.1 Å². The van der Waals surface area contributed by atoms with E-state index in [1.54, 1.807) is 16.7 Å². The molecule has 2 saturated heterocycles. The van der Waals surface area contributed by atoms with E-state index in [-0.39, 0.29) is 22.7 Å². The monoisotopic (exact) mass is 344 g/mol. The minimum atomic E-state index is -0.318. The second-order valence-corrected chi connectivity index (χ2v) is 8.81. The molecule has 4 nitrogen and oxygen atoms in total. The Morgan fingerprint density at radius 3 is 3.10 bits per heavy atom. The summed E-state index contributed by atoms with van der Waals surface area (Å²) >= 11 is 9.13. The molecule has 1 N–H and O–H groups in total. The third-order valence-corrected chi connectivity index (χ3v) is 6.84. The molecule has 114 valence electrons. The predicted molar refractivity (Wildman–Crippen MR) is 86.8 cm³/mol. The van der Waals surface area contributed by atoms with Crippen LogP contribution in [-0.4, -0.2) is 39.9 Å². The minimum Gasteiger partial charge on any atom is -0.354 e. The first-order valence-corrected chi connectivity index (χ1v) is 9.16. The van der Waals surface area contributed by atoms with Crippen molar-refractivity contribution in [1.82, 2.24) is 10.2 Å². The second-order valence-electron chi connectivity index (χ2n) is 5.51. The molecule has 0 radical (unpaired) electrons. The van der Waals surface area contributed by atoms with Crippen LogP contribution in [0.15, 0.2) is 12.1 Å². The van der Waals surface area contributed by atoms with Crippen molar-refractivity contribution in [3.05, 3.63) is 21.3 Å². The van der Waals surface area contributed by atoms with Crippen LogP contribution in [0.3, 0.4) is 0 Å². The largest absolute Gasteiger partial charge is 0.354 e. The maximum absolute atomic E-state index is 12.3. The quantitative estimate of drug-likeness (QED) is 0.913. The summed E-state index contributed by atoms with van der Waals surface area (Å²) in [5.74, 6) is 0.760. The summed E-state index contributed by atoms with van der Waals surface area (Å²) in [5, 5.41) is 2.95. The number of thioether (sulfide) groups is 1. The molecule has 0 aliphatic carbocycles. The Morgan fingerprint density at radius 2 is 2.38 bits per heavy atom. The van der Waals surface area contributed by atoms with Crippen LogP contribution in [-0.2, 0) is 16.0 Å². The first kappa shape index (κ1) is 15.2. The molecule has 2 aliphatic heterocycles. The van der Waals surface area contributed by atoms with Gasteiger partial charge in [-0.3, -0.25) is 9.59 Å². The number of nitrogens with one attached hydrogen (secondary N) is 1. The van der Waals surface area contributed by atoms with Gasteiger partial charge in [-0.1, -0.05) is 11.6 Å². The zero-order valence-electron chi connectivity index (χ0n) is 11.7. The molecule has 3 heterocycles. The summed E-state index contributed by atoms with van der Waals surface area (Å²) in [4.78, 5) is 27.1. The van der Waals surface area contributed by atoms with Crippen molar-refractivity contribution in [1.29, 1.82) is 0 Å². The van der Waals surface area contributed by atoms with Crippen LogP contribution in [0.1, 0.15) is 24.6 Å². The van der Waals surface area contributed by atoms with Crippen molar-refractivity contribution in [2.75, 3.05) is 12.3 Å². The number of fused-ring (bicyclic) bond motifs is 1. The maximum Gasteiger partial charge on any atom is 0.243 e. The summed E-state index contributed by atoms with van der Waals surface area (Å²) in [5.41, 5.74) is 0. The summed E-state index contributed by atoms with van der Waals surface area (Å²) in [6.45, 7) is 2.64. The van der Waals surface area contributed by atoms with Crippen molar-refractivity contribution < 1.29 is 9.59 Å². The van der Waals surface area contributed by atoms with E-state index in [2.05, 4.69) is 12.2 Å². The molecule has 2 amide bonds. The number of amides is 2. The molecule has 1 aromatic rings. The van der Waals surface area contributed by atoms with Crippen LogP contribution in [0.4, 0.5) is 0 Å². The number of carbonyl (C=O) groups is 2. The summed E-state index contributed by atoms with van der Waals surface area (Å²) in [6, 6.07) is 3.53. The van der Waals surface area contributed by atoms with Crippen molar-refractivity contribution in [2.45, 2.75) is 37.1 Å². The van der Waals surface area contributed by atoms with E-state index in [9.17, 15) is 9.59 Å². The summed E-state index contributed by atoms with van der Waals surface area (Å²) in [7, 11) is 0. The predicted octanol–water partition coefficient (Wildman–Crippen LogP) is 2.51. The molecule has 2 fully saturated rings. The zero-order chi connectivity index (χ0) is 15.0. The van der Waals surface area contributed by atoms with Gasteiger partial charge in [0.15, 0.2) is 0 Å². The number of rotatable bonds is 4. The van der Waals surface area contributed by atoms with Crippen LogP contribution < -0.4 is 5.32 Å². The fourth-order valence-electron chi connectivity index (χ4n) is 2.93. The Kier molecular flexibility index (Phi) is 4.21. The molecular formula is C14H17ClN2O2S2. The number of carbonyl (C=O) groups excluding carboxylic acids is 2. The third-order valence-electron chi connectivity index (χ3n) is 4.05. The highest BCUT2D eigenvalue weighted by atomic mass is 35.5. The van der Waals surface area contributed by atoms with Crippen molar-refractivity contribution in [2.24, 2.45) is 0 Å². The lowest BCUT2D eigenvalue weighted by atomic mass is 10.2.